The van der Waals surface area contributed by atoms with Gasteiger partial charge in [0.15, 0.2) is 0 Å². The molecule has 1 aromatic heterocycles. The molecule has 2 aromatic rings. The molecular weight excluding hydrogens is 312 g/mol. The van der Waals surface area contributed by atoms with Crippen molar-refractivity contribution in [1.29, 1.82) is 0 Å². The number of amides is 1. The number of aliphatic hydroxyl groups is 1. The molecule has 1 atom stereocenters. The van der Waals surface area contributed by atoms with Crippen LogP contribution in [0.15, 0.2) is 36.5 Å². The topological polar surface area (TPSA) is 53.4 Å². The molecule has 2 aliphatic rings. The number of piperidine rings is 1. The number of aromatic nitrogens is 1. The van der Waals surface area contributed by atoms with Gasteiger partial charge in [0, 0.05) is 35.7 Å². The van der Waals surface area contributed by atoms with Gasteiger partial charge in [0.1, 0.15) is 0 Å². The minimum absolute atomic E-state index is 0.0487. The number of likely N-dealkylation sites (tertiary alicyclic amines) is 1. The zero-order chi connectivity index (χ0) is 17.5. The fourth-order valence-electron chi connectivity index (χ4n) is 4.82. The Balaban J connectivity index is 1.47. The summed E-state index contributed by atoms with van der Waals surface area (Å²) in [5, 5.41) is 11.9. The number of pyridine rings is 1. The summed E-state index contributed by atoms with van der Waals surface area (Å²) in [6, 6.07) is 9.61. The number of hydrogen-bond donors (Lipinski definition) is 1. The van der Waals surface area contributed by atoms with Crippen LogP contribution in [0.5, 0.6) is 0 Å². The van der Waals surface area contributed by atoms with Crippen LogP contribution >= 0.6 is 0 Å². The van der Waals surface area contributed by atoms with Gasteiger partial charge >= 0.3 is 0 Å². The lowest BCUT2D eigenvalue weighted by atomic mass is 9.51. The molecule has 1 saturated heterocycles. The molecule has 1 N–H and O–H groups in total. The van der Waals surface area contributed by atoms with Gasteiger partial charge in [0.2, 0.25) is 0 Å². The number of carbonyl (C=O) groups excluding carboxylic acids is 1. The minimum atomic E-state index is -0.495. The van der Waals surface area contributed by atoms with Crippen molar-refractivity contribution in [2.75, 3.05) is 13.1 Å². The van der Waals surface area contributed by atoms with E-state index in [-0.39, 0.29) is 11.3 Å². The van der Waals surface area contributed by atoms with Gasteiger partial charge in [0.05, 0.1) is 11.1 Å². The molecule has 4 heteroatoms. The van der Waals surface area contributed by atoms with Crippen LogP contribution in [0.4, 0.5) is 0 Å². The second kappa shape index (κ2) is 6.10. The summed E-state index contributed by atoms with van der Waals surface area (Å²) in [4.78, 5) is 19.2. The van der Waals surface area contributed by atoms with E-state index in [1.54, 1.807) is 6.20 Å². The van der Waals surface area contributed by atoms with Gasteiger partial charge in [-0.2, -0.15) is 0 Å². The molecule has 1 amide bonds. The van der Waals surface area contributed by atoms with Crippen molar-refractivity contribution in [2.45, 2.75) is 51.0 Å². The zero-order valence-electron chi connectivity index (χ0n) is 14.9. The Labute approximate surface area is 148 Å². The van der Waals surface area contributed by atoms with Gasteiger partial charge in [-0.05, 0) is 56.4 Å². The smallest absolute Gasteiger partial charge is 0.253 e. The van der Waals surface area contributed by atoms with E-state index >= 15 is 0 Å². The lowest BCUT2D eigenvalue weighted by Gasteiger charge is -2.59. The molecule has 1 saturated carbocycles. The van der Waals surface area contributed by atoms with E-state index < -0.39 is 5.60 Å². The van der Waals surface area contributed by atoms with Crippen LogP contribution < -0.4 is 0 Å². The van der Waals surface area contributed by atoms with Gasteiger partial charge in [-0.15, -0.1) is 0 Å². The summed E-state index contributed by atoms with van der Waals surface area (Å²) < 4.78 is 0. The highest BCUT2D eigenvalue weighted by molar-refractivity contribution is 5.98. The average molecular weight is 338 g/mol. The maximum Gasteiger partial charge on any atom is 0.253 e. The highest BCUT2D eigenvalue weighted by Gasteiger charge is 2.57. The average Bonchev–Trinajstić information content (AvgIpc) is 2.66. The number of benzene rings is 1. The van der Waals surface area contributed by atoms with Crippen molar-refractivity contribution in [3.8, 4) is 0 Å². The first-order chi connectivity index (χ1) is 12.1. The highest BCUT2D eigenvalue weighted by Crippen LogP contribution is 2.58. The van der Waals surface area contributed by atoms with Gasteiger partial charge in [-0.3, -0.25) is 9.78 Å². The van der Waals surface area contributed by atoms with Crippen molar-refractivity contribution < 1.29 is 9.90 Å². The summed E-state index contributed by atoms with van der Waals surface area (Å²) >= 11 is 0. The van der Waals surface area contributed by atoms with E-state index in [4.69, 9.17) is 0 Å². The number of rotatable bonds is 3. The molecule has 25 heavy (non-hydrogen) atoms. The van der Waals surface area contributed by atoms with Crippen molar-refractivity contribution in [2.24, 2.45) is 5.41 Å². The number of hydrogen-bond acceptors (Lipinski definition) is 3. The van der Waals surface area contributed by atoms with E-state index in [0.29, 0.717) is 0 Å². The van der Waals surface area contributed by atoms with Crippen molar-refractivity contribution in [1.82, 2.24) is 9.88 Å². The summed E-state index contributed by atoms with van der Waals surface area (Å²) in [7, 11) is 0. The molecule has 1 aliphatic heterocycles. The third-order valence-electron chi connectivity index (χ3n) is 6.53. The molecule has 1 spiro atoms. The van der Waals surface area contributed by atoms with Gasteiger partial charge < -0.3 is 10.0 Å². The highest BCUT2D eigenvalue weighted by atomic mass is 16.3. The summed E-state index contributed by atoms with van der Waals surface area (Å²) in [5.74, 6) is 0.0963. The second-order valence-corrected chi connectivity index (χ2v) is 7.76. The fourth-order valence-corrected chi connectivity index (χ4v) is 4.82. The minimum Gasteiger partial charge on any atom is -0.389 e. The standard InChI is InChI=1S/C21H26N2O2/c1-2-7-21(25)9-8-20(21)10-13-23(14-11-20)19(24)17-5-6-18-16(15-17)4-3-12-22-18/h3-6,12,15,25H,2,7-11,13-14H2,1H3. The van der Waals surface area contributed by atoms with E-state index in [9.17, 15) is 9.90 Å². The summed E-state index contributed by atoms with van der Waals surface area (Å²) in [6.45, 7) is 3.63. The molecule has 2 fully saturated rings. The first-order valence-electron chi connectivity index (χ1n) is 9.43. The summed E-state index contributed by atoms with van der Waals surface area (Å²) in [6.07, 6.45) is 7.54. The van der Waals surface area contributed by atoms with Crippen molar-refractivity contribution in [3.63, 3.8) is 0 Å². The Kier molecular flexibility index (Phi) is 4.03. The molecule has 4 rings (SSSR count). The number of nitrogens with zero attached hydrogens (tertiary/aromatic N) is 2. The van der Waals surface area contributed by atoms with Crippen LogP contribution in [0.25, 0.3) is 10.9 Å². The quantitative estimate of drug-likeness (QED) is 0.926. The van der Waals surface area contributed by atoms with E-state index in [1.807, 2.05) is 35.2 Å². The lowest BCUT2D eigenvalue weighted by molar-refractivity contribution is -0.191. The van der Waals surface area contributed by atoms with E-state index in [2.05, 4.69) is 11.9 Å². The van der Waals surface area contributed by atoms with Crippen LogP contribution in [0, 0.1) is 5.41 Å². The fraction of sp³-hybridized carbons (Fsp3) is 0.524. The monoisotopic (exact) mass is 338 g/mol. The third-order valence-corrected chi connectivity index (χ3v) is 6.53. The number of carbonyl (C=O) groups is 1. The number of fused-ring (bicyclic) bond motifs is 1. The molecule has 0 bridgehead atoms. The maximum absolute atomic E-state index is 12.9. The van der Waals surface area contributed by atoms with Crippen molar-refractivity contribution >= 4 is 16.8 Å². The maximum atomic E-state index is 12.9. The van der Waals surface area contributed by atoms with E-state index in [0.717, 1.165) is 68.1 Å². The molecular formula is C21H26N2O2. The van der Waals surface area contributed by atoms with Crippen LogP contribution in [-0.4, -0.2) is 39.6 Å². The lowest BCUT2D eigenvalue weighted by Crippen LogP contribution is -2.61. The van der Waals surface area contributed by atoms with E-state index in [1.165, 1.54) is 0 Å². The van der Waals surface area contributed by atoms with Crippen LogP contribution in [0.1, 0.15) is 55.8 Å². The molecule has 1 aliphatic carbocycles. The Morgan fingerprint density at radius 3 is 2.68 bits per heavy atom. The van der Waals surface area contributed by atoms with Gasteiger partial charge in [-0.1, -0.05) is 19.4 Å². The van der Waals surface area contributed by atoms with Gasteiger partial charge in [0.25, 0.3) is 5.91 Å². The Bertz CT molecular complexity index is 795. The Morgan fingerprint density at radius 2 is 2.00 bits per heavy atom. The molecule has 0 radical (unpaired) electrons. The predicted octanol–water partition coefficient (Wildman–Crippen LogP) is 3.78. The largest absolute Gasteiger partial charge is 0.389 e. The third kappa shape index (κ3) is 2.63. The first kappa shape index (κ1) is 16.5. The normalized spacial score (nSPS) is 25.1. The molecule has 4 nitrogen and oxygen atoms in total. The Hall–Kier alpha value is -1.94. The summed E-state index contributed by atoms with van der Waals surface area (Å²) in [5.41, 5.74) is 1.20. The van der Waals surface area contributed by atoms with Crippen LogP contribution in [-0.2, 0) is 0 Å². The van der Waals surface area contributed by atoms with Crippen LogP contribution in [0.2, 0.25) is 0 Å². The van der Waals surface area contributed by atoms with Crippen LogP contribution in [0.3, 0.4) is 0 Å². The Morgan fingerprint density at radius 1 is 1.20 bits per heavy atom. The van der Waals surface area contributed by atoms with Crippen molar-refractivity contribution in [3.05, 3.63) is 42.1 Å². The molecule has 132 valence electrons. The molecule has 1 unspecified atom stereocenters. The molecule has 1 aromatic carbocycles. The predicted molar refractivity (Wildman–Crippen MR) is 98.4 cm³/mol. The SMILES string of the molecule is CCCC1(O)CCC12CCN(C(=O)c1ccc3ncccc3c1)CC2. The zero-order valence-corrected chi connectivity index (χ0v) is 14.9. The first-order valence-corrected chi connectivity index (χ1v) is 9.43. The second-order valence-electron chi connectivity index (χ2n) is 7.76. The molecule has 2 heterocycles. The van der Waals surface area contributed by atoms with Gasteiger partial charge in [-0.25, -0.2) is 0 Å².